The quantitative estimate of drug-likeness (QED) is 0.386. The van der Waals surface area contributed by atoms with E-state index in [4.69, 9.17) is 9.47 Å². The molecule has 5 heteroatoms. The average molecular weight is 407 g/mol. The second kappa shape index (κ2) is 9.02. The van der Waals surface area contributed by atoms with E-state index < -0.39 is 0 Å². The van der Waals surface area contributed by atoms with Gasteiger partial charge in [-0.2, -0.15) is 5.26 Å². The second-order valence-electron chi connectivity index (χ2n) is 6.81. The molecule has 1 heterocycles. The predicted octanol–water partition coefficient (Wildman–Crippen LogP) is 6.11. The van der Waals surface area contributed by atoms with Crippen LogP contribution >= 0.6 is 0 Å². The zero-order valence-electron chi connectivity index (χ0n) is 17.3. The fourth-order valence-electron chi connectivity index (χ4n) is 3.42. The number of nitrogens with zero attached hydrogens (tertiary/aromatic N) is 3. The molecule has 31 heavy (non-hydrogen) atoms. The predicted molar refractivity (Wildman–Crippen MR) is 122 cm³/mol. The molecule has 0 fully saturated rings. The van der Waals surface area contributed by atoms with Crippen molar-refractivity contribution in [2.24, 2.45) is 0 Å². The molecule has 0 saturated heterocycles. The Labute approximate surface area is 181 Å². The molecule has 0 bridgehead atoms. The molecule has 0 N–H and O–H groups in total. The monoisotopic (exact) mass is 407 g/mol. The van der Waals surface area contributed by atoms with Crippen molar-refractivity contribution in [1.29, 1.82) is 5.26 Å². The largest absolute Gasteiger partial charge is 0.497 e. The SMILES string of the molecule is COc1ccc(N(c2ccc(OC)cc2)c2ccc(-c3cnccc3C#N)cc2)cc1. The zero-order chi connectivity index (χ0) is 21.6. The third-order valence-electron chi connectivity index (χ3n) is 5.04. The molecule has 152 valence electrons. The van der Waals surface area contributed by atoms with E-state index in [1.807, 2.05) is 72.8 Å². The van der Waals surface area contributed by atoms with Crippen molar-refractivity contribution in [2.45, 2.75) is 0 Å². The number of methoxy groups -OCH3 is 2. The van der Waals surface area contributed by atoms with Gasteiger partial charge in [0, 0.05) is 35.0 Å². The maximum Gasteiger partial charge on any atom is 0.119 e. The van der Waals surface area contributed by atoms with Crippen molar-refractivity contribution in [3.05, 3.63) is 96.8 Å². The van der Waals surface area contributed by atoms with Crippen LogP contribution in [0.4, 0.5) is 17.1 Å². The van der Waals surface area contributed by atoms with E-state index in [9.17, 15) is 5.26 Å². The molecule has 0 aliphatic heterocycles. The van der Waals surface area contributed by atoms with E-state index in [1.165, 1.54) is 0 Å². The molecule has 4 aromatic rings. The molecule has 0 radical (unpaired) electrons. The Kier molecular flexibility index (Phi) is 5.82. The lowest BCUT2D eigenvalue weighted by atomic mass is 10.0. The highest BCUT2D eigenvalue weighted by Crippen LogP contribution is 2.37. The van der Waals surface area contributed by atoms with Crippen LogP contribution in [0.5, 0.6) is 11.5 Å². The minimum absolute atomic E-state index is 0.602. The molecule has 3 aromatic carbocycles. The van der Waals surface area contributed by atoms with Crippen LogP contribution in [0.1, 0.15) is 5.56 Å². The Bertz CT molecular complexity index is 1150. The van der Waals surface area contributed by atoms with Gasteiger partial charge in [-0.1, -0.05) is 12.1 Å². The Balaban J connectivity index is 1.76. The topological polar surface area (TPSA) is 58.4 Å². The molecule has 0 aliphatic carbocycles. The van der Waals surface area contributed by atoms with Gasteiger partial charge in [0.15, 0.2) is 0 Å². The maximum absolute atomic E-state index is 9.40. The van der Waals surface area contributed by atoms with Gasteiger partial charge < -0.3 is 14.4 Å². The minimum Gasteiger partial charge on any atom is -0.497 e. The van der Waals surface area contributed by atoms with Gasteiger partial charge in [0.25, 0.3) is 0 Å². The summed E-state index contributed by atoms with van der Waals surface area (Å²) < 4.78 is 10.6. The summed E-state index contributed by atoms with van der Waals surface area (Å²) >= 11 is 0. The van der Waals surface area contributed by atoms with E-state index in [0.717, 1.165) is 39.7 Å². The van der Waals surface area contributed by atoms with E-state index in [1.54, 1.807) is 32.7 Å². The molecular weight excluding hydrogens is 386 g/mol. The van der Waals surface area contributed by atoms with Crippen LogP contribution in [0, 0.1) is 11.3 Å². The maximum atomic E-state index is 9.40. The van der Waals surface area contributed by atoms with Gasteiger partial charge in [0.2, 0.25) is 0 Å². The highest BCUT2D eigenvalue weighted by Gasteiger charge is 2.14. The van der Waals surface area contributed by atoms with Crippen LogP contribution in [0.3, 0.4) is 0 Å². The minimum atomic E-state index is 0.602. The molecule has 0 saturated carbocycles. The summed E-state index contributed by atoms with van der Waals surface area (Å²) in [7, 11) is 3.31. The van der Waals surface area contributed by atoms with E-state index >= 15 is 0 Å². The molecule has 0 amide bonds. The summed E-state index contributed by atoms with van der Waals surface area (Å²) in [5.74, 6) is 1.60. The second-order valence-corrected chi connectivity index (χ2v) is 6.81. The molecule has 4 rings (SSSR count). The fourth-order valence-corrected chi connectivity index (χ4v) is 3.42. The lowest BCUT2D eigenvalue weighted by Gasteiger charge is -2.26. The number of ether oxygens (including phenoxy) is 2. The van der Waals surface area contributed by atoms with Gasteiger partial charge in [-0.05, 0) is 72.3 Å². The molecule has 1 aromatic heterocycles. The van der Waals surface area contributed by atoms with Crippen molar-refractivity contribution in [2.75, 3.05) is 19.1 Å². The van der Waals surface area contributed by atoms with Gasteiger partial charge in [0.05, 0.1) is 25.9 Å². The number of benzene rings is 3. The van der Waals surface area contributed by atoms with Gasteiger partial charge in [0.1, 0.15) is 11.5 Å². The normalized spacial score (nSPS) is 10.2. The van der Waals surface area contributed by atoms with Crippen molar-refractivity contribution in [3.63, 3.8) is 0 Å². The molecule has 0 atom stereocenters. The average Bonchev–Trinajstić information content (AvgIpc) is 2.85. The van der Waals surface area contributed by atoms with Crippen molar-refractivity contribution >= 4 is 17.1 Å². The summed E-state index contributed by atoms with van der Waals surface area (Å²) in [5.41, 5.74) is 5.34. The first-order chi connectivity index (χ1) is 15.2. The lowest BCUT2D eigenvalue weighted by molar-refractivity contribution is 0.415. The summed E-state index contributed by atoms with van der Waals surface area (Å²) in [4.78, 5) is 6.32. The van der Waals surface area contributed by atoms with Crippen molar-refractivity contribution < 1.29 is 9.47 Å². The van der Waals surface area contributed by atoms with Gasteiger partial charge in [-0.15, -0.1) is 0 Å². The number of hydrogen-bond acceptors (Lipinski definition) is 5. The number of hydrogen-bond donors (Lipinski definition) is 0. The van der Waals surface area contributed by atoms with Crippen LogP contribution in [0.15, 0.2) is 91.3 Å². The molecule has 5 nitrogen and oxygen atoms in total. The van der Waals surface area contributed by atoms with E-state index in [0.29, 0.717) is 5.56 Å². The number of nitriles is 1. The fraction of sp³-hybridized carbons (Fsp3) is 0.0769. The number of rotatable bonds is 6. The smallest absolute Gasteiger partial charge is 0.119 e. The number of pyridine rings is 1. The summed E-state index contributed by atoms with van der Waals surface area (Å²) in [5, 5.41) is 9.40. The third-order valence-corrected chi connectivity index (χ3v) is 5.04. The standard InChI is InChI=1S/C26H21N3O2/c1-30-24-11-7-22(8-12-24)29(23-9-13-25(31-2)14-10-23)21-5-3-19(4-6-21)26-18-28-16-15-20(26)17-27/h3-16,18H,1-2H3. The van der Waals surface area contributed by atoms with Crippen molar-refractivity contribution in [3.8, 4) is 28.7 Å². The molecule has 0 aliphatic rings. The molecular formula is C26H21N3O2. The van der Waals surface area contributed by atoms with Gasteiger partial charge in [-0.3, -0.25) is 4.98 Å². The Morgan fingerprint density at radius 1 is 0.710 bits per heavy atom. The lowest BCUT2D eigenvalue weighted by Crippen LogP contribution is -2.09. The number of aromatic nitrogens is 1. The third kappa shape index (κ3) is 4.19. The summed E-state index contributed by atoms with van der Waals surface area (Å²) in [6, 6.07) is 27.9. The van der Waals surface area contributed by atoms with Crippen LogP contribution in [0.2, 0.25) is 0 Å². The van der Waals surface area contributed by atoms with Gasteiger partial charge >= 0.3 is 0 Å². The number of anilines is 3. The Hall–Kier alpha value is -4.30. The first-order valence-corrected chi connectivity index (χ1v) is 9.76. The zero-order valence-corrected chi connectivity index (χ0v) is 17.3. The highest BCUT2D eigenvalue weighted by molar-refractivity contribution is 5.79. The first kappa shape index (κ1) is 20.0. The van der Waals surface area contributed by atoms with E-state index in [-0.39, 0.29) is 0 Å². The molecule has 0 spiro atoms. The first-order valence-electron chi connectivity index (χ1n) is 9.76. The highest BCUT2D eigenvalue weighted by atomic mass is 16.5. The summed E-state index contributed by atoms with van der Waals surface area (Å²) in [6.07, 6.45) is 3.35. The van der Waals surface area contributed by atoms with Crippen LogP contribution in [0.25, 0.3) is 11.1 Å². The molecule has 0 unspecified atom stereocenters. The van der Waals surface area contributed by atoms with Crippen LogP contribution in [-0.4, -0.2) is 19.2 Å². The van der Waals surface area contributed by atoms with E-state index in [2.05, 4.69) is 16.0 Å². The summed E-state index contributed by atoms with van der Waals surface area (Å²) in [6.45, 7) is 0. The van der Waals surface area contributed by atoms with Crippen LogP contribution in [-0.2, 0) is 0 Å². The van der Waals surface area contributed by atoms with Crippen molar-refractivity contribution in [1.82, 2.24) is 4.98 Å². The Morgan fingerprint density at radius 2 is 1.19 bits per heavy atom. The Morgan fingerprint density at radius 3 is 1.65 bits per heavy atom. The van der Waals surface area contributed by atoms with Gasteiger partial charge in [-0.25, -0.2) is 0 Å². The van der Waals surface area contributed by atoms with Crippen LogP contribution < -0.4 is 14.4 Å².